The minimum Gasteiger partial charge on any atom is -0.381 e. The zero-order chi connectivity index (χ0) is 15.3. The molecular formula is C16H34IN3O2. The Morgan fingerprint density at radius 1 is 1.27 bits per heavy atom. The Kier molecular flexibility index (Phi) is 14.5. The number of nitrogens with one attached hydrogen (secondary N) is 2. The van der Waals surface area contributed by atoms with Crippen molar-refractivity contribution in [3.63, 3.8) is 0 Å². The van der Waals surface area contributed by atoms with E-state index in [4.69, 9.17) is 9.47 Å². The van der Waals surface area contributed by atoms with E-state index in [0.29, 0.717) is 12.0 Å². The molecule has 1 rings (SSSR count). The average Bonchev–Trinajstić information content (AvgIpc) is 2.47. The van der Waals surface area contributed by atoms with Gasteiger partial charge in [0.25, 0.3) is 0 Å². The van der Waals surface area contributed by atoms with Crippen LogP contribution >= 0.6 is 24.0 Å². The van der Waals surface area contributed by atoms with Crippen LogP contribution in [-0.4, -0.2) is 51.5 Å². The van der Waals surface area contributed by atoms with Gasteiger partial charge >= 0.3 is 0 Å². The molecule has 5 nitrogen and oxygen atoms in total. The highest BCUT2D eigenvalue weighted by Gasteiger charge is 2.13. The van der Waals surface area contributed by atoms with Gasteiger partial charge in [-0.2, -0.15) is 0 Å². The van der Waals surface area contributed by atoms with E-state index in [-0.39, 0.29) is 24.0 Å². The maximum absolute atomic E-state index is 5.85. The molecule has 0 spiro atoms. The molecule has 0 saturated carbocycles. The van der Waals surface area contributed by atoms with Crippen LogP contribution in [-0.2, 0) is 9.47 Å². The molecule has 22 heavy (non-hydrogen) atoms. The fraction of sp³-hybridized carbons (Fsp3) is 0.938. The van der Waals surface area contributed by atoms with Gasteiger partial charge in [-0.15, -0.1) is 24.0 Å². The van der Waals surface area contributed by atoms with Crippen LogP contribution in [0.2, 0.25) is 0 Å². The second kappa shape index (κ2) is 14.5. The highest BCUT2D eigenvalue weighted by molar-refractivity contribution is 14.0. The van der Waals surface area contributed by atoms with Crippen LogP contribution in [0.15, 0.2) is 4.99 Å². The van der Waals surface area contributed by atoms with E-state index in [2.05, 4.69) is 36.4 Å². The molecule has 0 amide bonds. The van der Waals surface area contributed by atoms with Gasteiger partial charge in [0.05, 0.1) is 6.10 Å². The van der Waals surface area contributed by atoms with Crippen molar-refractivity contribution in [2.45, 2.75) is 52.6 Å². The van der Waals surface area contributed by atoms with Crippen molar-refractivity contribution in [3.8, 4) is 0 Å². The Morgan fingerprint density at radius 2 is 2.00 bits per heavy atom. The van der Waals surface area contributed by atoms with E-state index in [0.717, 1.165) is 71.1 Å². The zero-order valence-corrected chi connectivity index (χ0v) is 16.7. The largest absolute Gasteiger partial charge is 0.381 e. The molecule has 6 heteroatoms. The number of hydrogen-bond donors (Lipinski definition) is 2. The number of aliphatic imine (C=N–C) groups is 1. The van der Waals surface area contributed by atoms with Crippen LogP contribution in [0, 0.1) is 5.92 Å². The van der Waals surface area contributed by atoms with E-state index in [1.807, 2.05) is 0 Å². The van der Waals surface area contributed by atoms with Crippen LogP contribution in [0.4, 0.5) is 0 Å². The molecule has 2 N–H and O–H groups in total. The molecule has 1 heterocycles. The molecule has 0 aromatic rings. The van der Waals surface area contributed by atoms with Crippen LogP contribution in [0.5, 0.6) is 0 Å². The van der Waals surface area contributed by atoms with Crippen molar-refractivity contribution in [2.75, 3.05) is 39.5 Å². The molecule has 0 unspecified atom stereocenters. The third kappa shape index (κ3) is 11.5. The predicted octanol–water partition coefficient (Wildman–Crippen LogP) is 2.79. The Bertz CT molecular complexity index is 283. The van der Waals surface area contributed by atoms with Gasteiger partial charge in [0.1, 0.15) is 0 Å². The normalized spacial score (nSPS) is 16.5. The summed E-state index contributed by atoms with van der Waals surface area (Å²) >= 11 is 0. The first-order valence-electron chi connectivity index (χ1n) is 8.44. The highest BCUT2D eigenvalue weighted by atomic mass is 127. The van der Waals surface area contributed by atoms with E-state index in [9.17, 15) is 0 Å². The Labute approximate surface area is 153 Å². The standard InChI is InChI=1S/C16H33N3O2.HI/c1-4-17-16(19-10-6-14(2)3)18-9-5-11-21-15-7-12-20-13-8-15;/h14-15H,4-13H2,1-3H3,(H2,17,18,19);1H. The molecule has 0 radical (unpaired) electrons. The molecule has 1 saturated heterocycles. The van der Waals surface area contributed by atoms with E-state index >= 15 is 0 Å². The number of nitrogens with zero attached hydrogens (tertiary/aromatic N) is 1. The quantitative estimate of drug-likeness (QED) is 0.257. The highest BCUT2D eigenvalue weighted by Crippen LogP contribution is 2.10. The molecule has 0 aromatic heterocycles. The fourth-order valence-electron chi connectivity index (χ4n) is 2.17. The van der Waals surface area contributed by atoms with E-state index in [1.54, 1.807) is 0 Å². The van der Waals surface area contributed by atoms with E-state index in [1.165, 1.54) is 0 Å². The summed E-state index contributed by atoms with van der Waals surface area (Å²) in [6.45, 7) is 11.7. The van der Waals surface area contributed by atoms with Crippen LogP contribution < -0.4 is 10.6 Å². The number of guanidine groups is 1. The van der Waals surface area contributed by atoms with Gasteiger partial charge in [0.15, 0.2) is 5.96 Å². The molecule has 132 valence electrons. The van der Waals surface area contributed by atoms with Gasteiger partial charge in [-0.3, -0.25) is 4.99 Å². The molecule has 0 aliphatic carbocycles. The number of ether oxygens (including phenoxy) is 2. The molecule has 0 bridgehead atoms. The first-order valence-corrected chi connectivity index (χ1v) is 8.44. The summed E-state index contributed by atoms with van der Waals surface area (Å²) in [4.78, 5) is 4.58. The lowest BCUT2D eigenvalue weighted by molar-refractivity contribution is -0.0318. The zero-order valence-electron chi connectivity index (χ0n) is 14.4. The third-order valence-electron chi connectivity index (χ3n) is 3.45. The predicted molar refractivity (Wildman–Crippen MR) is 103 cm³/mol. The Hall–Kier alpha value is -0.0800. The van der Waals surface area contributed by atoms with Crippen LogP contribution in [0.3, 0.4) is 0 Å². The second-order valence-corrected chi connectivity index (χ2v) is 5.91. The Balaban J connectivity index is 0.00000441. The number of hydrogen-bond acceptors (Lipinski definition) is 3. The summed E-state index contributed by atoms with van der Waals surface area (Å²) in [5.41, 5.74) is 0. The lowest BCUT2D eigenvalue weighted by atomic mass is 10.1. The van der Waals surface area contributed by atoms with Crippen molar-refractivity contribution in [1.82, 2.24) is 10.6 Å². The van der Waals surface area contributed by atoms with Crippen molar-refractivity contribution < 1.29 is 9.47 Å². The van der Waals surface area contributed by atoms with Gasteiger partial charge in [-0.05, 0) is 38.5 Å². The number of halogens is 1. The van der Waals surface area contributed by atoms with Gasteiger partial charge < -0.3 is 20.1 Å². The summed E-state index contributed by atoms with van der Waals surface area (Å²) < 4.78 is 11.2. The van der Waals surface area contributed by atoms with Crippen molar-refractivity contribution >= 4 is 29.9 Å². The van der Waals surface area contributed by atoms with Crippen molar-refractivity contribution in [1.29, 1.82) is 0 Å². The third-order valence-corrected chi connectivity index (χ3v) is 3.45. The van der Waals surface area contributed by atoms with Gasteiger partial charge in [-0.25, -0.2) is 0 Å². The number of rotatable bonds is 9. The molecule has 1 aliphatic heterocycles. The topological polar surface area (TPSA) is 54.9 Å². The van der Waals surface area contributed by atoms with Gasteiger partial charge in [-0.1, -0.05) is 13.8 Å². The van der Waals surface area contributed by atoms with E-state index < -0.39 is 0 Å². The summed E-state index contributed by atoms with van der Waals surface area (Å²) in [5.74, 6) is 1.64. The first-order chi connectivity index (χ1) is 10.2. The smallest absolute Gasteiger partial charge is 0.191 e. The SMILES string of the molecule is CCNC(=NCCCOC1CCOCC1)NCCC(C)C.I. The molecule has 0 atom stereocenters. The fourth-order valence-corrected chi connectivity index (χ4v) is 2.17. The lowest BCUT2D eigenvalue weighted by Crippen LogP contribution is -2.38. The maximum Gasteiger partial charge on any atom is 0.191 e. The van der Waals surface area contributed by atoms with Crippen LogP contribution in [0.1, 0.15) is 46.5 Å². The molecule has 1 aliphatic rings. The van der Waals surface area contributed by atoms with Gasteiger partial charge in [0, 0.05) is 39.5 Å². The van der Waals surface area contributed by atoms with Crippen molar-refractivity contribution in [3.05, 3.63) is 0 Å². The Morgan fingerprint density at radius 3 is 2.64 bits per heavy atom. The molecule has 1 fully saturated rings. The summed E-state index contributed by atoms with van der Waals surface area (Å²) in [6.07, 6.45) is 4.58. The minimum absolute atomic E-state index is 0. The summed E-state index contributed by atoms with van der Waals surface area (Å²) in [7, 11) is 0. The monoisotopic (exact) mass is 427 g/mol. The second-order valence-electron chi connectivity index (χ2n) is 5.91. The van der Waals surface area contributed by atoms with Crippen LogP contribution in [0.25, 0.3) is 0 Å². The van der Waals surface area contributed by atoms with Crippen molar-refractivity contribution in [2.24, 2.45) is 10.9 Å². The average molecular weight is 427 g/mol. The minimum atomic E-state index is 0. The first kappa shape index (κ1) is 21.9. The summed E-state index contributed by atoms with van der Waals surface area (Å²) in [6, 6.07) is 0. The molecule has 0 aromatic carbocycles. The lowest BCUT2D eigenvalue weighted by Gasteiger charge is -2.22. The molecular weight excluding hydrogens is 393 g/mol. The maximum atomic E-state index is 5.85. The van der Waals surface area contributed by atoms with Gasteiger partial charge in [0.2, 0.25) is 0 Å². The summed E-state index contributed by atoms with van der Waals surface area (Å²) in [5, 5.41) is 6.65.